The molecule has 0 aromatic carbocycles. The largest absolute Gasteiger partial charge is 0.479 e. The molecule has 2 amide bonds. The van der Waals surface area contributed by atoms with Crippen LogP contribution >= 0.6 is 0 Å². The number of hydrogen-bond acceptors (Lipinski definition) is 5. The Bertz CT molecular complexity index is 281. The van der Waals surface area contributed by atoms with E-state index in [1.165, 1.54) is 7.11 Å². The molecule has 1 unspecified atom stereocenters. The maximum Gasteiger partial charge on any atom is 0.332 e. The molecule has 98 valence electrons. The second kappa shape index (κ2) is 8.34. The second-order valence-electron chi connectivity index (χ2n) is 3.15. The van der Waals surface area contributed by atoms with Gasteiger partial charge in [-0.1, -0.05) is 0 Å². The Balaban J connectivity index is 3.53. The number of nitrogens with one attached hydrogen (secondary N) is 2. The normalized spacial score (nSPS) is 11.4. The van der Waals surface area contributed by atoms with E-state index in [9.17, 15) is 14.4 Å². The predicted octanol–water partition coefficient (Wildman–Crippen LogP) is -1.32. The lowest BCUT2D eigenvalue weighted by molar-refractivity contribution is -0.146. The van der Waals surface area contributed by atoms with E-state index in [4.69, 9.17) is 10.2 Å². The molecular weight excluding hydrogens is 232 g/mol. The Morgan fingerprint density at radius 2 is 1.82 bits per heavy atom. The standard InChI is InChI=1S/C9H16N2O6/c1-17-7(13)3-5-11-9(16)10-4-2-6(12)8(14)15/h6,12H,2-5H2,1H3,(H,14,15)(H2,10,11,16). The molecule has 0 aromatic rings. The molecule has 0 fully saturated rings. The van der Waals surface area contributed by atoms with Gasteiger partial charge in [0, 0.05) is 19.5 Å². The van der Waals surface area contributed by atoms with Gasteiger partial charge in [-0.05, 0) is 0 Å². The highest BCUT2D eigenvalue weighted by molar-refractivity contribution is 5.75. The molecule has 0 aliphatic heterocycles. The van der Waals surface area contributed by atoms with Crippen LogP contribution in [0.2, 0.25) is 0 Å². The first-order chi connectivity index (χ1) is 7.97. The Hall–Kier alpha value is -1.83. The summed E-state index contributed by atoms with van der Waals surface area (Å²) in [5.74, 6) is -1.77. The highest BCUT2D eigenvalue weighted by Crippen LogP contribution is 1.89. The molecule has 0 saturated carbocycles. The van der Waals surface area contributed by atoms with Gasteiger partial charge in [0.15, 0.2) is 6.10 Å². The average Bonchev–Trinajstić information content (AvgIpc) is 2.28. The maximum atomic E-state index is 11.1. The van der Waals surface area contributed by atoms with Crippen LogP contribution in [-0.4, -0.2) is 54.5 Å². The Kier molecular flexibility index (Phi) is 7.44. The molecule has 0 bridgehead atoms. The first kappa shape index (κ1) is 15.2. The minimum atomic E-state index is -1.50. The monoisotopic (exact) mass is 248 g/mol. The highest BCUT2D eigenvalue weighted by Gasteiger charge is 2.12. The van der Waals surface area contributed by atoms with Crippen molar-refractivity contribution in [1.29, 1.82) is 0 Å². The van der Waals surface area contributed by atoms with Gasteiger partial charge in [0.1, 0.15) is 0 Å². The fraction of sp³-hybridized carbons (Fsp3) is 0.667. The van der Waals surface area contributed by atoms with Gasteiger partial charge in [0.25, 0.3) is 0 Å². The number of carboxylic acid groups (broad SMARTS) is 1. The number of aliphatic carboxylic acids is 1. The fourth-order valence-electron chi connectivity index (χ4n) is 0.889. The third kappa shape index (κ3) is 8.03. The van der Waals surface area contributed by atoms with Crippen LogP contribution in [0.1, 0.15) is 12.8 Å². The van der Waals surface area contributed by atoms with Crippen molar-refractivity contribution in [2.24, 2.45) is 0 Å². The van der Waals surface area contributed by atoms with Crippen molar-refractivity contribution >= 4 is 18.0 Å². The Labute approximate surface area is 97.9 Å². The van der Waals surface area contributed by atoms with Crippen molar-refractivity contribution < 1.29 is 29.3 Å². The number of aliphatic hydroxyl groups excluding tert-OH is 1. The Morgan fingerprint density at radius 1 is 1.24 bits per heavy atom. The van der Waals surface area contributed by atoms with Gasteiger partial charge in [0.05, 0.1) is 13.5 Å². The third-order valence-electron chi connectivity index (χ3n) is 1.83. The van der Waals surface area contributed by atoms with Crippen molar-refractivity contribution in [3.63, 3.8) is 0 Å². The van der Waals surface area contributed by atoms with Gasteiger partial charge in [-0.3, -0.25) is 4.79 Å². The highest BCUT2D eigenvalue weighted by atomic mass is 16.5. The number of ether oxygens (including phenoxy) is 1. The lowest BCUT2D eigenvalue weighted by Crippen LogP contribution is -2.38. The minimum Gasteiger partial charge on any atom is -0.479 e. The topological polar surface area (TPSA) is 125 Å². The lowest BCUT2D eigenvalue weighted by Gasteiger charge is -2.08. The molecule has 8 heteroatoms. The number of carbonyl (C=O) groups excluding carboxylic acids is 2. The zero-order valence-electron chi connectivity index (χ0n) is 9.43. The van der Waals surface area contributed by atoms with E-state index in [1.807, 2.05) is 0 Å². The zero-order valence-corrected chi connectivity index (χ0v) is 9.43. The van der Waals surface area contributed by atoms with Crippen molar-refractivity contribution in [1.82, 2.24) is 10.6 Å². The van der Waals surface area contributed by atoms with Crippen LogP contribution in [0.5, 0.6) is 0 Å². The summed E-state index contributed by atoms with van der Waals surface area (Å²) in [5, 5.41) is 21.9. The molecule has 1 atom stereocenters. The predicted molar refractivity (Wildman–Crippen MR) is 56.3 cm³/mol. The van der Waals surface area contributed by atoms with Crippen molar-refractivity contribution in [2.75, 3.05) is 20.2 Å². The number of carbonyl (C=O) groups is 3. The number of amides is 2. The molecule has 4 N–H and O–H groups in total. The summed E-state index contributed by atoms with van der Waals surface area (Å²) in [6, 6.07) is -0.536. The summed E-state index contributed by atoms with van der Waals surface area (Å²) in [6.45, 7) is 0.150. The van der Waals surface area contributed by atoms with Crippen LogP contribution in [0.4, 0.5) is 4.79 Å². The summed E-state index contributed by atoms with van der Waals surface area (Å²) in [5.41, 5.74) is 0. The number of methoxy groups -OCH3 is 1. The quantitative estimate of drug-likeness (QED) is 0.414. The van der Waals surface area contributed by atoms with Crippen LogP contribution in [0.3, 0.4) is 0 Å². The van der Waals surface area contributed by atoms with Gasteiger partial charge >= 0.3 is 18.0 Å². The minimum absolute atomic E-state index is 0.0253. The van der Waals surface area contributed by atoms with E-state index >= 15 is 0 Å². The summed E-state index contributed by atoms with van der Waals surface area (Å²) in [7, 11) is 1.25. The first-order valence-corrected chi connectivity index (χ1v) is 4.96. The second-order valence-corrected chi connectivity index (χ2v) is 3.15. The van der Waals surface area contributed by atoms with Gasteiger partial charge in [0.2, 0.25) is 0 Å². The molecule has 0 aliphatic rings. The van der Waals surface area contributed by atoms with E-state index in [1.54, 1.807) is 0 Å². The Morgan fingerprint density at radius 3 is 2.35 bits per heavy atom. The lowest BCUT2D eigenvalue weighted by atomic mass is 10.2. The molecule has 0 spiro atoms. The summed E-state index contributed by atoms with van der Waals surface area (Å²) in [4.78, 5) is 32.0. The molecule has 0 aliphatic carbocycles. The van der Waals surface area contributed by atoms with E-state index in [0.29, 0.717) is 0 Å². The van der Waals surface area contributed by atoms with Crippen LogP contribution in [0.25, 0.3) is 0 Å². The zero-order chi connectivity index (χ0) is 13.3. The number of hydrogen-bond donors (Lipinski definition) is 4. The van der Waals surface area contributed by atoms with Crippen molar-refractivity contribution in [2.45, 2.75) is 18.9 Å². The SMILES string of the molecule is COC(=O)CCNC(=O)NCCC(O)C(=O)O. The molecule has 0 saturated heterocycles. The molecular formula is C9H16N2O6. The first-order valence-electron chi connectivity index (χ1n) is 4.96. The van der Waals surface area contributed by atoms with Gasteiger partial charge in [-0.2, -0.15) is 0 Å². The van der Waals surface area contributed by atoms with Gasteiger partial charge in [-0.15, -0.1) is 0 Å². The fourth-order valence-corrected chi connectivity index (χ4v) is 0.889. The molecule has 0 radical (unpaired) electrons. The number of rotatable bonds is 7. The number of carboxylic acids is 1. The van der Waals surface area contributed by atoms with Crippen LogP contribution < -0.4 is 10.6 Å². The van der Waals surface area contributed by atoms with E-state index in [2.05, 4.69) is 15.4 Å². The van der Waals surface area contributed by atoms with Crippen molar-refractivity contribution in [3.8, 4) is 0 Å². The average molecular weight is 248 g/mol. The molecule has 0 heterocycles. The van der Waals surface area contributed by atoms with E-state index in [-0.39, 0.29) is 25.9 Å². The van der Waals surface area contributed by atoms with Gasteiger partial charge < -0.3 is 25.6 Å². The van der Waals surface area contributed by atoms with Crippen LogP contribution in [0.15, 0.2) is 0 Å². The van der Waals surface area contributed by atoms with E-state index in [0.717, 1.165) is 0 Å². The molecule has 0 rings (SSSR count). The number of aliphatic hydroxyl groups is 1. The third-order valence-corrected chi connectivity index (χ3v) is 1.83. The van der Waals surface area contributed by atoms with Gasteiger partial charge in [-0.25, -0.2) is 9.59 Å². The maximum absolute atomic E-state index is 11.1. The van der Waals surface area contributed by atoms with Crippen LogP contribution in [0, 0.1) is 0 Å². The molecule has 17 heavy (non-hydrogen) atoms. The smallest absolute Gasteiger partial charge is 0.332 e. The van der Waals surface area contributed by atoms with Crippen molar-refractivity contribution in [3.05, 3.63) is 0 Å². The molecule has 8 nitrogen and oxygen atoms in total. The summed E-state index contributed by atoms with van der Waals surface area (Å²) in [6.07, 6.45) is -1.52. The molecule has 0 aromatic heterocycles. The number of esters is 1. The number of urea groups is 1. The summed E-state index contributed by atoms with van der Waals surface area (Å²) < 4.78 is 4.36. The van der Waals surface area contributed by atoms with Crippen LogP contribution in [-0.2, 0) is 14.3 Å². The summed E-state index contributed by atoms with van der Waals surface area (Å²) >= 11 is 0. The van der Waals surface area contributed by atoms with E-state index < -0.39 is 24.1 Å².